The standard InChI is InChI=1S/C26H39FN2O/c1-6-7-8-15-29(25(30)17-21(2)18-26(3,4)5)20-24-10-9-16-28(24)19-22-11-13-23(27)14-12-22/h9-14,16,21H,6-8,15,17-20H2,1-5H3/t21-/m0/s1. The lowest BCUT2D eigenvalue weighted by Crippen LogP contribution is -2.33. The lowest BCUT2D eigenvalue weighted by molar-refractivity contribution is -0.133. The molecule has 4 heteroatoms. The summed E-state index contributed by atoms with van der Waals surface area (Å²) < 4.78 is 15.4. The maximum atomic E-state index is 13.2. The van der Waals surface area contributed by atoms with E-state index in [0.717, 1.165) is 43.5 Å². The number of nitrogens with zero attached hydrogens (tertiary/aromatic N) is 2. The Kier molecular flexibility index (Phi) is 9.13. The van der Waals surface area contributed by atoms with Crippen molar-refractivity contribution in [1.82, 2.24) is 9.47 Å². The molecule has 0 aliphatic heterocycles. The number of aromatic nitrogens is 1. The van der Waals surface area contributed by atoms with Crippen molar-refractivity contribution in [1.29, 1.82) is 0 Å². The van der Waals surface area contributed by atoms with E-state index in [1.807, 2.05) is 29.3 Å². The fourth-order valence-electron chi connectivity index (χ4n) is 4.12. The van der Waals surface area contributed by atoms with Crippen LogP contribution in [-0.4, -0.2) is 21.9 Å². The third-order valence-corrected chi connectivity index (χ3v) is 5.41. The number of rotatable bonds is 11. The van der Waals surface area contributed by atoms with Crippen LogP contribution in [0.4, 0.5) is 4.39 Å². The van der Waals surface area contributed by atoms with Gasteiger partial charge in [0.2, 0.25) is 5.91 Å². The number of unbranched alkanes of at least 4 members (excludes halogenated alkanes) is 2. The van der Waals surface area contributed by atoms with E-state index in [1.165, 1.54) is 12.1 Å². The third-order valence-electron chi connectivity index (χ3n) is 5.41. The first-order chi connectivity index (χ1) is 14.2. The second kappa shape index (κ2) is 11.3. The Labute approximate surface area is 182 Å². The van der Waals surface area contributed by atoms with Crippen molar-refractivity contribution < 1.29 is 9.18 Å². The minimum Gasteiger partial charge on any atom is -0.345 e. The molecule has 0 saturated heterocycles. The Hall–Kier alpha value is -2.10. The summed E-state index contributed by atoms with van der Waals surface area (Å²) in [5.74, 6) is 0.401. The molecule has 1 aromatic carbocycles. The van der Waals surface area contributed by atoms with E-state index in [9.17, 15) is 9.18 Å². The van der Waals surface area contributed by atoms with Gasteiger partial charge in [-0.3, -0.25) is 4.79 Å². The van der Waals surface area contributed by atoms with E-state index >= 15 is 0 Å². The topological polar surface area (TPSA) is 25.2 Å². The average Bonchev–Trinajstić information content (AvgIpc) is 3.08. The van der Waals surface area contributed by atoms with Crippen LogP contribution in [0, 0.1) is 17.2 Å². The van der Waals surface area contributed by atoms with Crippen molar-refractivity contribution in [2.24, 2.45) is 11.3 Å². The molecule has 30 heavy (non-hydrogen) atoms. The Balaban J connectivity index is 2.07. The van der Waals surface area contributed by atoms with E-state index in [4.69, 9.17) is 0 Å². The molecule has 0 saturated carbocycles. The highest BCUT2D eigenvalue weighted by molar-refractivity contribution is 5.76. The first-order valence-corrected chi connectivity index (χ1v) is 11.3. The Bertz CT molecular complexity index is 773. The summed E-state index contributed by atoms with van der Waals surface area (Å²) in [7, 11) is 0. The van der Waals surface area contributed by atoms with Crippen molar-refractivity contribution in [2.45, 2.75) is 79.8 Å². The van der Waals surface area contributed by atoms with Crippen LogP contribution in [0.3, 0.4) is 0 Å². The van der Waals surface area contributed by atoms with Crippen molar-refractivity contribution in [3.8, 4) is 0 Å². The molecular formula is C26H39FN2O. The number of hydrogen-bond acceptors (Lipinski definition) is 1. The van der Waals surface area contributed by atoms with Crippen LogP contribution in [0.15, 0.2) is 42.6 Å². The quantitative estimate of drug-likeness (QED) is 0.378. The molecule has 3 nitrogen and oxygen atoms in total. The van der Waals surface area contributed by atoms with Gasteiger partial charge in [0.15, 0.2) is 0 Å². The Morgan fingerprint density at radius 2 is 1.83 bits per heavy atom. The van der Waals surface area contributed by atoms with Crippen LogP contribution in [0.5, 0.6) is 0 Å². The predicted octanol–water partition coefficient (Wildman–Crippen LogP) is 6.66. The number of amides is 1. The first-order valence-electron chi connectivity index (χ1n) is 11.3. The van der Waals surface area contributed by atoms with Crippen molar-refractivity contribution in [3.63, 3.8) is 0 Å². The van der Waals surface area contributed by atoms with Crippen LogP contribution in [0.25, 0.3) is 0 Å². The van der Waals surface area contributed by atoms with Gasteiger partial charge in [-0.25, -0.2) is 4.39 Å². The summed E-state index contributed by atoms with van der Waals surface area (Å²) in [4.78, 5) is 15.2. The minimum absolute atomic E-state index is 0.219. The van der Waals surface area contributed by atoms with E-state index in [-0.39, 0.29) is 17.1 Å². The van der Waals surface area contributed by atoms with Gasteiger partial charge in [-0.1, -0.05) is 59.6 Å². The highest BCUT2D eigenvalue weighted by Crippen LogP contribution is 2.26. The number of carbonyl (C=O) groups excluding carboxylic acids is 1. The summed E-state index contributed by atoms with van der Waals surface area (Å²) in [6.07, 6.45) is 7.00. The van der Waals surface area contributed by atoms with Gasteiger partial charge in [0.1, 0.15) is 5.82 Å². The van der Waals surface area contributed by atoms with Gasteiger partial charge in [-0.2, -0.15) is 0 Å². The van der Waals surface area contributed by atoms with Crippen LogP contribution in [0.2, 0.25) is 0 Å². The molecule has 1 atom stereocenters. The number of carbonyl (C=O) groups is 1. The molecule has 0 bridgehead atoms. The molecule has 0 aliphatic carbocycles. The molecule has 0 fully saturated rings. The maximum absolute atomic E-state index is 13.2. The first kappa shape index (κ1) is 24.2. The normalized spacial score (nSPS) is 12.7. The van der Waals surface area contributed by atoms with Gasteiger partial charge in [-0.15, -0.1) is 0 Å². The van der Waals surface area contributed by atoms with E-state index in [2.05, 4.69) is 45.3 Å². The van der Waals surface area contributed by atoms with E-state index in [1.54, 1.807) is 0 Å². The number of halogens is 1. The Morgan fingerprint density at radius 3 is 2.47 bits per heavy atom. The van der Waals surface area contributed by atoms with Crippen LogP contribution in [0.1, 0.15) is 78.0 Å². The second-order valence-corrected chi connectivity index (χ2v) is 9.85. The van der Waals surface area contributed by atoms with E-state index in [0.29, 0.717) is 25.4 Å². The van der Waals surface area contributed by atoms with Crippen molar-refractivity contribution in [2.75, 3.05) is 6.54 Å². The minimum atomic E-state index is -0.219. The molecule has 0 spiro atoms. The molecule has 0 radical (unpaired) electrons. The molecule has 0 aliphatic rings. The lowest BCUT2D eigenvalue weighted by Gasteiger charge is -2.27. The van der Waals surface area contributed by atoms with Gasteiger partial charge in [0.05, 0.1) is 6.54 Å². The summed E-state index contributed by atoms with van der Waals surface area (Å²) in [5.41, 5.74) is 2.40. The van der Waals surface area contributed by atoms with Gasteiger partial charge in [0.25, 0.3) is 0 Å². The molecule has 0 unspecified atom stereocenters. The van der Waals surface area contributed by atoms with Gasteiger partial charge in [-0.05, 0) is 54.0 Å². The van der Waals surface area contributed by atoms with Gasteiger partial charge in [0, 0.05) is 31.4 Å². The Morgan fingerprint density at radius 1 is 1.13 bits per heavy atom. The van der Waals surface area contributed by atoms with Crippen LogP contribution in [-0.2, 0) is 17.9 Å². The van der Waals surface area contributed by atoms with E-state index < -0.39 is 0 Å². The molecule has 1 aromatic heterocycles. The molecule has 1 amide bonds. The van der Waals surface area contributed by atoms with Crippen LogP contribution >= 0.6 is 0 Å². The van der Waals surface area contributed by atoms with Crippen molar-refractivity contribution >= 4 is 5.91 Å². The number of hydrogen-bond donors (Lipinski definition) is 0. The fourth-order valence-corrected chi connectivity index (χ4v) is 4.12. The summed E-state index contributed by atoms with van der Waals surface area (Å²) in [6.45, 7) is 13.2. The SMILES string of the molecule is CCCCCN(Cc1cccn1Cc1ccc(F)cc1)C(=O)C[C@H](C)CC(C)(C)C. The van der Waals surface area contributed by atoms with Crippen molar-refractivity contribution in [3.05, 3.63) is 59.7 Å². The lowest BCUT2D eigenvalue weighted by atomic mass is 9.84. The maximum Gasteiger partial charge on any atom is 0.223 e. The highest BCUT2D eigenvalue weighted by Gasteiger charge is 2.21. The molecule has 0 N–H and O–H groups in total. The fraction of sp³-hybridized carbons (Fsp3) is 0.577. The molecule has 1 heterocycles. The average molecular weight is 415 g/mol. The largest absolute Gasteiger partial charge is 0.345 e. The summed E-state index contributed by atoms with van der Waals surface area (Å²) in [6, 6.07) is 10.7. The smallest absolute Gasteiger partial charge is 0.223 e. The van der Waals surface area contributed by atoms with Gasteiger partial charge >= 0.3 is 0 Å². The number of benzene rings is 1. The van der Waals surface area contributed by atoms with Crippen LogP contribution < -0.4 is 0 Å². The molecule has 2 aromatic rings. The zero-order valence-electron chi connectivity index (χ0n) is 19.5. The monoisotopic (exact) mass is 414 g/mol. The third kappa shape index (κ3) is 8.33. The zero-order valence-corrected chi connectivity index (χ0v) is 19.5. The summed E-state index contributed by atoms with van der Waals surface area (Å²) in [5, 5.41) is 0. The predicted molar refractivity (Wildman–Crippen MR) is 123 cm³/mol. The second-order valence-electron chi connectivity index (χ2n) is 9.85. The highest BCUT2D eigenvalue weighted by atomic mass is 19.1. The molecule has 166 valence electrons. The van der Waals surface area contributed by atoms with Gasteiger partial charge < -0.3 is 9.47 Å². The molecular weight excluding hydrogens is 375 g/mol. The zero-order chi connectivity index (χ0) is 22.1. The summed E-state index contributed by atoms with van der Waals surface area (Å²) >= 11 is 0. The molecule has 2 rings (SSSR count).